The van der Waals surface area contributed by atoms with E-state index in [9.17, 15) is 8.42 Å². The number of aryl methyl sites for hydroxylation is 1. The van der Waals surface area contributed by atoms with Crippen molar-refractivity contribution in [3.63, 3.8) is 0 Å². The number of hydrogen-bond donors (Lipinski definition) is 0. The molecule has 1 rings (SSSR count). The van der Waals surface area contributed by atoms with Crippen LogP contribution in [-0.2, 0) is 14.3 Å². The van der Waals surface area contributed by atoms with Crippen LogP contribution in [0.5, 0.6) is 0 Å². The maximum absolute atomic E-state index is 11.6. The van der Waals surface area contributed by atoms with Crippen LogP contribution in [-0.4, -0.2) is 15.0 Å². The molecule has 0 aromatic heterocycles. The van der Waals surface area contributed by atoms with Crippen molar-refractivity contribution in [1.29, 1.82) is 0 Å². The van der Waals surface area contributed by atoms with E-state index in [1.807, 2.05) is 6.92 Å². The van der Waals surface area contributed by atoms with Crippen LogP contribution in [0, 0.1) is 19.3 Å². The molecule has 4 heteroatoms. The zero-order chi connectivity index (χ0) is 12.0. The fraction of sp³-hybridized carbons (Fsp3) is 0.167. The minimum Gasteiger partial charge on any atom is -0.262 e. The first-order valence-corrected chi connectivity index (χ1v) is 6.04. The Balaban J connectivity index is 2.75. The maximum atomic E-state index is 11.6. The lowest BCUT2D eigenvalue weighted by atomic mass is 10.2. The third-order valence-electron chi connectivity index (χ3n) is 1.84. The minimum absolute atomic E-state index is 0.0551. The zero-order valence-corrected chi connectivity index (χ0v) is 9.70. The Bertz CT molecular complexity index is 504. The number of benzene rings is 1. The number of hydrogen-bond acceptors (Lipinski definition) is 3. The van der Waals surface area contributed by atoms with Gasteiger partial charge in [-0.2, -0.15) is 8.42 Å². The molecule has 0 aliphatic heterocycles. The summed E-state index contributed by atoms with van der Waals surface area (Å²) in [7, 11) is -3.68. The maximum Gasteiger partial charge on any atom is 0.297 e. The Hall–Kier alpha value is -1.57. The number of rotatable bonds is 4. The van der Waals surface area contributed by atoms with Gasteiger partial charge in [-0.1, -0.05) is 23.6 Å². The molecule has 0 spiro atoms. The van der Waals surface area contributed by atoms with Crippen molar-refractivity contribution in [2.24, 2.45) is 0 Å². The summed E-state index contributed by atoms with van der Waals surface area (Å²) >= 11 is 0. The van der Waals surface area contributed by atoms with E-state index in [0.717, 1.165) is 5.56 Å². The fourth-order valence-electron chi connectivity index (χ4n) is 1.02. The van der Waals surface area contributed by atoms with Crippen LogP contribution in [0.3, 0.4) is 0 Å². The van der Waals surface area contributed by atoms with Gasteiger partial charge in [0, 0.05) is 0 Å². The van der Waals surface area contributed by atoms with Crippen molar-refractivity contribution in [3.8, 4) is 12.3 Å². The molecule has 0 aliphatic carbocycles. The lowest BCUT2D eigenvalue weighted by Crippen LogP contribution is -2.06. The first kappa shape index (κ1) is 12.5. The second-order valence-electron chi connectivity index (χ2n) is 3.12. The zero-order valence-electron chi connectivity index (χ0n) is 8.88. The average molecular weight is 236 g/mol. The smallest absolute Gasteiger partial charge is 0.262 e. The van der Waals surface area contributed by atoms with Crippen LogP contribution in [0.1, 0.15) is 5.56 Å². The molecule has 1 aromatic carbocycles. The molecular weight excluding hydrogens is 224 g/mol. The molecule has 3 nitrogen and oxygen atoms in total. The molecule has 0 heterocycles. The van der Waals surface area contributed by atoms with E-state index in [-0.39, 0.29) is 11.5 Å². The van der Waals surface area contributed by atoms with Gasteiger partial charge in [0.1, 0.15) is 0 Å². The summed E-state index contributed by atoms with van der Waals surface area (Å²) in [6.45, 7) is 1.83. The molecule has 0 amide bonds. The van der Waals surface area contributed by atoms with Gasteiger partial charge in [0.15, 0.2) is 0 Å². The third-order valence-corrected chi connectivity index (χ3v) is 3.14. The van der Waals surface area contributed by atoms with Crippen molar-refractivity contribution in [2.45, 2.75) is 11.8 Å². The molecule has 0 radical (unpaired) electrons. The predicted octanol–water partition coefficient (Wildman–Crippen LogP) is 1.89. The summed E-state index contributed by atoms with van der Waals surface area (Å²) in [6.07, 6.45) is 7.82. The van der Waals surface area contributed by atoms with Gasteiger partial charge in [0.25, 0.3) is 10.1 Å². The molecule has 1 aromatic rings. The van der Waals surface area contributed by atoms with E-state index < -0.39 is 10.1 Å². The van der Waals surface area contributed by atoms with E-state index in [1.54, 1.807) is 12.1 Å². The van der Waals surface area contributed by atoms with E-state index in [0.29, 0.717) is 0 Å². The molecule has 0 atom stereocenters. The summed E-state index contributed by atoms with van der Waals surface area (Å²) in [6, 6.07) is 6.45. The van der Waals surface area contributed by atoms with Crippen LogP contribution in [0.2, 0.25) is 0 Å². The monoisotopic (exact) mass is 236 g/mol. The third kappa shape index (κ3) is 3.54. The second-order valence-corrected chi connectivity index (χ2v) is 4.74. The quantitative estimate of drug-likeness (QED) is 0.592. The Morgan fingerprint density at radius 1 is 1.38 bits per heavy atom. The molecular formula is C12H12O3S. The molecule has 0 aliphatic rings. The summed E-state index contributed by atoms with van der Waals surface area (Å²) < 4.78 is 27.9. The minimum atomic E-state index is -3.68. The second kappa shape index (κ2) is 5.50. The lowest BCUT2D eigenvalue weighted by molar-refractivity contribution is 0.357. The molecule has 0 saturated heterocycles. The highest BCUT2D eigenvalue weighted by molar-refractivity contribution is 7.86. The Kier molecular flexibility index (Phi) is 4.29. The molecule has 0 unspecified atom stereocenters. The molecule has 0 bridgehead atoms. The topological polar surface area (TPSA) is 43.4 Å². The van der Waals surface area contributed by atoms with Crippen LogP contribution < -0.4 is 0 Å². The van der Waals surface area contributed by atoms with Crippen LogP contribution in [0.4, 0.5) is 0 Å². The van der Waals surface area contributed by atoms with Crippen molar-refractivity contribution >= 4 is 10.1 Å². The van der Waals surface area contributed by atoms with E-state index in [2.05, 4.69) is 5.92 Å². The normalized spacial score (nSPS) is 11.5. The summed E-state index contributed by atoms with van der Waals surface area (Å²) in [5.41, 5.74) is 0.992. The first-order chi connectivity index (χ1) is 7.56. The Morgan fingerprint density at radius 3 is 2.56 bits per heavy atom. The number of terminal acetylenes is 1. The highest BCUT2D eigenvalue weighted by Crippen LogP contribution is 2.12. The standard InChI is InChI=1S/C12H12O3S/c1-3-4-5-10-15-16(13,14)12-8-6-11(2)7-9-12/h1,4-9H,10H2,2H3. The van der Waals surface area contributed by atoms with Crippen LogP contribution in [0.15, 0.2) is 41.3 Å². The highest BCUT2D eigenvalue weighted by atomic mass is 32.2. The Labute approximate surface area is 95.9 Å². The summed E-state index contributed by atoms with van der Waals surface area (Å²) in [5.74, 6) is 2.25. The molecule has 84 valence electrons. The van der Waals surface area contributed by atoms with Crippen LogP contribution in [0.25, 0.3) is 0 Å². The van der Waals surface area contributed by atoms with E-state index in [1.165, 1.54) is 24.3 Å². The predicted molar refractivity (Wildman–Crippen MR) is 62.3 cm³/mol. The van der Waals surface area contributed by atoms with E-state index in [4.69, 9.17) is 10.6 Å². The van der Waals surface area contributed by atoms with Crippen molar-refractivity contribution in [3.05, 3.63) is 42.0 Å². The largest absolute Gasteiger partial charge is 0.297 e. The van der Waals surface area contributed by atoms with Gasteiger partial charge in [0.2, 0.25) is 0 Å². The highest BCUT2D eigenvalue weighted by Gasteiger charge is 2.13. The molecule has 0 N–H and O–H groups in total. The van der Waals surface area contributed by atoms with Gasteiger partial charge in [0.05, 0.1) is 11.5 Å². The fourth-order valence-corrected chi connectivity index (χ4v) is 1.88. The van der Waals surface area contributed by atoms with Crippen molar-refractivity contribution in [1.82, 2.24) is 0 Å². The Morgan fingerprint density at radius 2 is 2.00 bits per heavy atom. The molecule has 0 saturated carbocycles. The van der Waals surface area contributed by atoms with Crippen molar-refractivity contribution < 1.29 is 12.6 Å². The van der Waals surface area contributed by atoms with Crippen LogP contribution >= 0.6 is 0 Å². The number of allylic oxidation sites excluding steroid dienone is 1. The van der Waals surface area contributed by atoms with Gasteiger partial charge in [-0.25, -0.2) is 0 Å². The van der Waals surface area contributed by atoms with Gasteiger partial charge >= 0.3 is 0 Å². The SMILES string of the molecule is C#CC=CCOS(=O)(=O)c1ccc(C)cc1. The molecule has 16 heavy (non-hydrogen) atoms. The first-order valence-electron chi connectivity index (χ1n) is 4.63. The van der Waals surface area contributed by atoms with Crippen molar-refractivity contribution in [2.75, 3.05) is 6.61 Å². The summed E-state index contributed by atoms with van der Waals surface area (Å²) in [5, 5.41) is 0. The van der Waals surface area contributed by atoms with Gasteiger partial charge < -0.3 is 0 Å². The average Bonchev–Trinajstić information content (AvgIpc) is 2.25. The van der Waals surface area contributed by atoms with E-state index >= 15 is 0 Å². The van der Waals surface area contributed by atoms with Gasteiger partial charge in [-0.15, -0.1) is 6.42 Å². The van der Waals surface area contributed by atoms with Gasteiger partial charge in [-0.05, 0) is 31.2 Å². The van der Waals surface area contributed by atoms with Gasteiger partial charge in [-0.3, -0.25) is 4.18 Å². The molecule has 0 fully saturated rings. The summed E-state index contributed by atoms with van der Waals surface area (Å²) in [4.78, 5) is 0.146. The lowest BCUT2D eigenvalue weighted by Gasteiger charge is -2.03.